The molecule has 3 aromatic rings. The number of amides is 1. The van der Waals surface area contributed by atoms with Crippen LogP contribution in [-0.2, 0) is 16.4 Å². The number of carbonyl (C=O) groups excluding carboxylic acids is 1. The van der Waals surface area contributed by atoms with Crippen molar-refractivity contribution in [3.63, 3.8) is 0 Å². The van der Waals surface area contributed by atoms with Crippen LogP contribution in [0.15, 0.2) is 77.7 Å². The molecule has 0 aliphatic heterocycles. The van der Waals surface area contributed by atoms with Crippen molar-refractivity contribution in [2.75, 3.05) is 11.3 Å². The van der Waals surface area contributed by atoms with Crippen LogP contribution in [0.2, 0.25) is 0 Å². The Kier molecular flexibility index (Phi) is 6.66. The maximum Gasteiger partial charge on any atom is 0.337 e. The first-order chi connectivity index (χ1) is 14.8. The second-order valence-electron chi connectivity index (χ2n) is 6.61. The monoisotopic (exact) mass is 442 g/mol. The lowest BCUT2D eigenvalue weighted by atomic mass is 10.1. The minimum absolute atomic E-state index is 0.0578. The molecule has 0 aromatic heterocycles. The lowest BCUT2D eigenvalue weighted by Gasteiger charge is -2.11. The van der Waals surface area contributed by atoms with Crippen molar-refractivity contribution >= 4 is 27.6 Å². The Bertz CT molecular complexity index is 1190. The molecular weight excluding hydrogens is 423 g/mol. The average molecular weight is 442 g/mol. The molecule has 9 heteroatoms. The molecule has 0 spiro atoms. The van der Waals surface area contributed by atoms with Gasteiger partial charge in [-0.1, -0.05) is 24.3 Å². The number of sulfonamides is 1. The largest absolute Gasteiger partial charge is 0.478 e. The smallest absolute Gasteiger partial charge is 0.337 e. The van der Waals surface area contributed by atoms with Crippen molar-refractivity contribution in [3.05, 3.63) is 95.3 Å². The van der Waals surface area contributed by atoms with E-state index in [1.807, 2.05) is 0 Å². The van der Waals surface area contributed by atoms with Crippen LogP contribution in [-0.4, -0.2) is 31.9 Å². The predicted molar refractivity (Wildman–Crippen MR) is 113 cm³/mol. The Morgan fingerprint density at radius 2 is 1.55 bits per heavy atom. The SMILES string of the molecule is O=C(NCCc1ccc(F)cc1)c1ccc(S(=O)(=O)Nc2ccccc2C(=O)O)cc1. The Hall–Kier alpha value is -3.72. The second kappa shape index (κ2) is 9.40. The third kappa shape index (κ3) is 5.67. The van der Waals surface area contributed by atoms with Gasteiger partial charge in [-0.25, -0.2) is 17.6 Å². The van der Waals surface area contributed by atoms with E-state index in [-0.39, 0.29) is 33.4 Å². The molecule has 0 bridgehead atoms. The van der Waals surface area contributed by atoms with E-state index in [1.54, 1.807) is 12.1 Å². The molecule has 0 radical (unpaired) electrons. The van der Waals surface area contributed by atoms with E-state index in [2.05, 4.69) is 10.0 Å². The Labute approximate surface area is 178 Å². The summed E-state index contributed by atoms with van der Waals surface area (Å²) in [6.07, 6.45) is 0.519. The number of anilines is 1. The molecule has 31 heavy (non-hydrogen) atoms. The topological polar surface area (TPSA) is 113 Å². The molecule has 3 rings (SSSR count). The number of carbonyl (C=O) groups is 2. The molecule has 0 atom stereocenters. The number of benzene rings is 3. The van der Waals surface area contributed by atoms with Crippen LogP contribution >= 0.6 is 0 Å². The van der Waals surface area contributed by atoms with E-state index in [0.29, 0.717) is 13.0 Å². The minimum Gasteiger partial charge on any atom is -0.478 e. The number of hydrogen-bond donors (Lipinski definition) is 3. The number of carboxylic acid groups (broad SMARTS) is 1. The van der Waals surface area contributed by atoms with Gasteiger partial charge < -0.3 is 10.4 Å². The number of para-hydroxylation sites is 1. The summed E-state index contributed by atoms with van der Waals surface area (Å²) in [5, 5.41) is 11.9. The molecule has 0 aliphatic carbocycles. The average Bonchev–Trinajstić information content (AvgIpc) is 2.75. The van der Waals surface area contributed by atoms with Gasteiger partial charge in [0, 0.05) is 12.1 Å². The van der Waals surface area contributed by atoms with Gasteiger partial charge in [0.05, 0.1) is 16.1 Å². The van der Waals surface area contributed by atoms with Crippen LogP contribution in [0.25, 0.3) is 0 Å². The summed E-state index contributed by atoms with van der Waals surface area (Å²) in [5.41, 5.74) is 0.903. The number of aromatic carboxylic acids is 1. The zero-order valence-electron chi connectivity index (χ0n) is 16.2. The van der Waals surface area contributed by atoms with Crippen molar-refractivity contribution < 1.29 is 27.5 Å². The van der Waals surface area contributed by atoms with Crippen LogP contribution in [0, 0.1) is 5.82 Å². The van der Waals surface area contributed by atoms with Crippen molar-refractivity contribution in [2.24, 2.45) is 0 Å². The number of halogens is 1. The lowest BCUT2D eigenvalue weighted by Crippen LogP contribution is -2.25. The number of rotatable bonds is 8. The van der Waals surface area contributed by atoms with E-state index in [0.717, 1.165) is 5.56 Å². The zero-order valence-corrected chi connectivity index (χ0v) is 17.0. The Morgan fingerprint density at radius 1 is 0.903 bits per heavy atom. The molecule has 3 aromatic carbocycles. The van der Waals surface area contributed by atoms with Gasteiger partial charge in [0.25, 0.3) is 15.9 Å². The van der Waals surface area contributed by atoms with Gasteiger partial charge >= 0.3 is 5.97 Å². The summed E-state index contributed by atoms with van der Waals surface area (Å²) < 4.78 is 40.3. The zero-order chi connectivity index (χ0) is 22.4. The van der Waals surface area contributed by atoms with Gasteiger partial charge in [0.2, 0.25) is 0 Å². The van der Waals surface area contributed by atoms with Gasteiger partial charge in [-0.15, -0.1) is 0 Å². The van der Waals surface area contributed by atoms with E-state index < -0.39 is 16.0 Å². The van der Waals surface area contributed by atoms with Crippen molar-refractivity contribution in [3.8, 4) is 0 Å². The second-order valence-corrected chi connectivity index (χ2v) is 8.30. The maximum absolute atomic E-state index is 12.9. The highest BCUT2D eigenvalue weighted by Crippen LogP contribution is 2.20. The van der Waals surface area contributed by atoms with Crippen molar-refractivity contribution in [2.45, 2.75) is 11.3 Å². The first kappa shape index (κ1) is 22.0. The summed E-state index contributed by atoms with van der Waals surface area (Å²) in [5.74, 6) is -1.97. The summed E-state index contributed by atoms with van der Waals surface area (Å²) in [6, 6.07) is 16.9. The van der Waals surface area contributed by atoms with E-state index in [4.69, 9.17) is 0 Å². The summed E-state index contributed by atoms with van der Waals surface area (Å²) in [6.45, 7) is 0.331. The summed E-state index contributed by atoms with van der Waals surface area (Å²) in [4.78, 5) is 23.4. The van der Waals surface area contributed by atoms with Gasteiger partial charge in [0.1, 0.15) is 5.82 Å². The van der Waals surface area contributed by atoms with Crippen molar-refractivity contribution in [1.29, 1.82) is 0 Å². The highest BCUT2D eigenvalue weighted by molar-refractivity contribution is 7.92. The number of carboxylic acids is 1. The molecule has 0 saturated heterocycles. The van der Waals surface area contributed by atoms with Crippen LogP contribution in [0.4, 0.5) is 10.1 Å². The standard InChI is InChI=1S/C22H19FN2O5S/c23-17-9-5-15(6-10-17)13-14-24-21(26)16-7-11-18(12-8-16)31(29,30)25-20-4-2-1-3-19(20)22(27)28/h1-12,25H,13-14H2,(H,24,26)(H,27,28). The molecule has 0 unspecified atom stereocenters. The molecule has 1 amide bonds. The minimum atomic E-state index is -4.04. The molecule has 0 saturated carbocycles. The molecule has 160 valence electrons. The fourth-order valence-electron chi connectivity index (χ4n) is 2.82. The molecule has 3 N–H and O–H groups in total. The molecule has 7 nitrogen and oxygen atoms in total. The van der Waals surface area contributed by atoms with Crippen LogP contribution in [0.5, 0.6) is 0 Å². The van der Waals surface area contributed by atoms with Crippen LogP contribution in [0.3, 0.4) is 0 Å². The maximum atomic E-state index is 12.9. The summed E-state index contributed by atoms with van der Waals surface area (Å²) >= 11 is 0. The normalized spacial score (nSPS) is 11.0. The number of hydrogen-bond acceptors (Lipinski definition) is 4. The van der Waals surface area contributed by atoms with E-state index >= 15 is 0 Å². The molecule has 0 fully saturated rings. The van der Waals surface area contributed by atoms with Gasteiger partial charge in [-0.2, -0.15) is 0 Å². The lowest BCUT2D eigenvalue weighted by molar-refractivity contribution is 0.0697. The first-order valence-electron chi connectivity index (χ1n) is 9.24. The molecular formula is C22H19FN2O5S. The highest BCUT2D eigenvalue weighted by Gasteiger charge is 2.18. The van der Waals surface area contributed by atoms with Gasteiger partial charge in [-0.3, -0.25) is 9.52 Å². The fourth-order valence-corrected chi connectivity index (χ4v) is 3.90. The van der Waals surface area contributed by atoms with E-state index in [9.17, 15) is 27.5 Å². The van der Waals surface area contributed by atoms with Crippen molar-refractivity contribution in [1.82, 2.24) is 5.32 Å². The summed E-state index contributed by atoms with van der Waals surface area (Å²) in [7, 11) is -4.04. The van der Waals surface area contributed by atoms with Gasteiger partial charge in [-0.05, 0) is 60.5 Å². The van der Waals surface area contributed by atoms with Gasteiger partial charge in [0.15, 0.2) is 0 Å². The predicted octanol–water partition coefficient (Wildman–Crippen LogP) is 3.30. The molecule has 0 heterocycles. The Morgan fingerprint density at radius 3 is 2.19 bits per heavy atom. The first-order valence-corrected chi connectivity index (χ1v) is 10.7. The van der Waals surface area contributed by atoms with Crippen LogP contribution in [0.1, 0.15) is 26.3 Å². The highest BCUT2D eigenvalue weighted by atomic mass is 32.2. The number of nitrogens with one attached hydrogen (secondary N) is 2. The third-order valence-electron chi connectivity index (χ3n) is 4.44. The quantitative estimate of drug-likeness (QED) is 0.496. The Balaban J connectivity index is 1.64. The third-order valence-corrected chi connectivity index (χ3v) is 5.82. The fraction of sp³-hybridized carbons (Fsp3) is 0.0909. The van der Waals surface area contributed by atoms with Crippen LogP contribution < -0.4 is 10.0 Å². The van der Waals surface area contributed by atoms with E-state index in [1.165, 1.54) is 60.7 Å². The molecule has 0 aliphatic rings.